The standard InChI is InChI=1S/C24H20ClF2N5O2/c1-28-17-4-2-14(19(26)10-17)9-23-29-11-16-6-7-32(12-21(16)30-23)24(34)31-22(13-33)15-3-5-18(25)20(27)8-15/h2-5,8,10-11,22,33H,6-7,9,12-13H2,(H,31,34)/t22-/m1/s1. The van der Waals surface area contributed by atoms with Crippen molar-refractivity contribution in [1.82, 2.24) is 20.2 Å². The molecule has 174 valence electrons. The highest BCUT2D eigenvalue weighted by Crippen LogP contribution is 2.23. The van der Waals surface area contributed by atoms with Gasteiger partial charge in [0.1, 0.15) is 17.5 Å². The van der Waals surface area contributed by atoms with Gasteiger partial charge < -0.3 is 15.3 Å². The van der Waals surface area contributed by atoms with Gasteiger partial charge in [0.25, 0.3) is 0 Å². The third kappa shape index (κ3) is 5.14. The molecule has 0 spiro atoms. The van der Waals surface area contributed by atoms with Crippen molar-refractivity contribution in [2.45, 2.75) is 25.4 Å². The van der Waals surface area contributed by atoms with Crippen LogP contribution in [-0.2, 0) is 19.4 Å². The molecular weight excluding hydrogens is 464 g/mol. The fourth-order valence-electron chi connectivity index (χ4n) is 3.73. The van der Waals surface area contributed by atoms with Gasteiger partial charge in [-0.15, -0.1) is 0 Å². The maximum Gasteiger partial charge on any atom is 0.318 e. The molecule has 4 rings (SSSR count). The fraction of sp³-hybridized carbons (Fsp3) is 0.250. The predicted molar refractivity (Wildman–Crippen MR) is 121 cm³/mol. The molecule has 7 nitrogen and oxygen atoms in total. The van der Waals surface area contributed by atoms with Crippen LogP contribution in [0.25, 0.3) is 4.85 Å². The van der Waals surface area contributed by atoms with Crippen LogP contribution in [0.5, 0.6) is 0 Å². The number of aliphatic hydroxyl groups excluding tert-OH is 1. The molecule has 1 aliphatic rings. The first-order valence-electron chi connectivity index (χ1n) is 10.5. The molecule has 0 saturated carbocycles. The third-order valence-electron chi connectivity index (χ3n) is 5.62. The number of aromatic nitrogens is 2. The Labute approximate surface area is 199 Å². The molecule has 0 aliphatic carbocycles. The number of hydrogen-bond donors (Lipinski definition) is 2. The molecule has 0 radical (unpaired) electrons. The van der Waals surface area contributed by atoms with Crippen molar-refractivity contribution in [1.29, 1.82) is 0 Å². The number of benzene rings is 2. The van der Waals surface area contributed by atoms with E-state index in [1.165, 1.54) is 18.2 Å². The normalized spacial score (nSPS) is 13.7. The topological polar surface area (TPSA) is 82.7 Å². The van der Waals surface area contributed by atoms with Gasteiger partial charge >= 0.3 is 6.03 Å². The van der Waals surface area contributed by atoms with E-state index in [0.29, 0.717) is 35.6 Å². The van der Waals surface area contributed by atoms with Gasteiger partial charge in [-0.05, 0) is 41.3 Å². The first kappa shape index (κ1) is 23.5. The molecule has 34 heavy (non-hydrogen) atoms. The van der Waals surface area contributed by atoms with Crippen LogP contribution >= 0.6 is 11.6 Å². The van der Waals surface area contributed by atoms with E-state index in [1.54, 1.807) is 29.3 Å². The van der Waals surface area contributed by atoms with E-state index in [1.807, 2.05) is 0 Å². The Kier molecular flexibility index (Phi) is 7.01. The van der Waals surface area contributed by atoms with E-state index in [4.69, 9.17) is 18.2 Å². The van der Waals surface area contributed by atoms with E-state index < -0.39 is 30.3 Å². The number of nitrogens with zero attached hydrogens (tertiary/aromatic N) is 4. The van der Waals surface area contributed by atoms with Gasteiger partial charge in [0, 0.05) is 19.2 Å². The zero-order valence-electron chi connectivity index (χ0n) is 17.9. The van der Waals surface area contributed by atoms with Crippen molar-refractivity contribution in [3.05, 3.63) is 98.9 Å². The summed E-state index contributed by atoms with van der Waals surface area (Å²) >= 11 is 5.71. The number of fused-ring (bicyclic) bond motifs is 1. The Morgan fingerprint density at radius 2 is 2.09 bits per heavy atom. The van der Waals surface area contributed by atoms with Gasteiger partial charge in [-0.3, -0.25) is 0 Å². The lowest BCUT2D eigenvalue weighted by Crippen LogP contribution is -2.45. The number of carbonyl (C=O) groups is 1. The van der Waals surface area contributed by atoms with Crippen LogP contribution in [0.2, 0.25) is 5.02 Å². The van der Waals surface area contributed by atoms with Crippen LogP contribution in [0, 0.1) is 18.2 Å². The van der Waals surface area contributed by atoms with Crippen molar-refractivity contribution in [2.75, 3.05) is 13.2 Å². The monoisotopic (exact) mass is 483 g/mol. The number of nitrogens with one attached hydrogen (secondary N) is 1. The quantitative estimate of drug-likeness (QED) is 0.528. The van der Waals surface area contributed by atoms with Crippen molar-refractivity contribution in [3.63, 3.8) is 0 Å². The largest absolute Gasteiger partial charge is 0.394 e. The molecule has 1 atom stereocenters. The number of amides is 2. The molecule has 10 heteroatoms. The lowest BCUT2D eigenvalue weighted by atomic mass is 10.1. The molecule has 0 fully saturated rings. The highest BCUT2D eigenvalue weighted by atomic mass is 35.5. The summed E-state index contributed by atoms with van der Waals surface area (Å²) in [6.07, 6.45) is 2.38. The summed E-state index contributed by atoms with van der Waals surface area (Å²) in [6, 6.07) is 7.12. The average Bonchev–Trinajstić information content (AvgIpc) is 2.84. The lowest BCUT2D eigenvalue weighted by molar-refractivity contribution is 0.176. The summed E-state index contributed by atoms with van der Waals surface area (Å²) in [5.41, 5.74) is 2.54. The predicted octanol–water partition coefficient (Wildman–Crippen LogP) is 4.35. The van der Waals surface area contributed by atoms with Crippen LogP contribution in [0.1, 0.15) is 34.3 Å². The Bertz CT molecular complexity index is 1280. The van der Waals surface area contributed by atoms with Crippen LogP contribution in [0.15, 0.2) is 42.6 Å². The molecular formula is C24H20ClF2N5O2. The Morgan fingerprint density at radius 3 is 2.79 bits per heavy atom. The second kappa shape index (κ2) is 10.1. The molecule has 2 heterocycles. The third-order valence-corrected chi connectivity index (χ3v) is 5.93. The number of halogens is 3. The minimum absolute atomic E-state index is 0.0443. The van der Waals surface area contributed by atoms with Gasteiger partial charge in [0.05, 0.1) is 36.5 Å². The van der Waals surface area contributed by atoms with Crippen LogP contribution in [0.4, 0.5) is 19.3 Å². The molecule has 1 aromatic heterocycles. The zero-order valence-corrected chi connectivity index (χ0v) is 18.7. The van der Waals surface area contributed by atoms with Gasteiger partial charge in [0.2, 0.25) is 0 Å². The van der Waals surface area contributed by atoms with Crippen LogP contribution in [-0.4, -0.2) is 39.2 Å². The smallest absolute Gasteiger partial charge is 0.318 e. The van der Waals surface area contributed by atoms with E-state index in [-0.39, 0.29) is 23.7 Å². The number of rotatable bonds is 5. The Morgan fingerprint density at radius 1 is 1.26 bits per heavy atom. The van der Waals surface area contributed by atoms with Crippen molar-refractivity contribution in [2.24, 2.45) is 0 Å². The zero-order chi connectivity index (χ0) is 24.2. The van der Waals surface area contributed by atoms with Gasteiger partial charge in [-0.25, -0.2) is 28.4 Å². The summed E-state index contributed by atoms with van der Waals surface area (Å²) < 4.78 is 28.1. The summed E-state index contributed by atoms with van der Waals surface area (Å²) in [4.78, 5) is 26.5. The van der Waals surface area contributed by atoms with Crippen molar-refractivity contribution < 1.29 is 18.7 Å². The molecule has 0 unspecified atom stereocenters. The minimum atomic E-state index is -0.803. The Balaban J connectivity index is 1.46. The number of aliphatic hydroxyl groups is 1. The molecule has 0 bridgehead atoms. The molecule has 3 aromatic rings. The first-order valence-corrected chi connectivity index (χ1v) is 10.9. The average molecular weight is 484 g/mol. The fourth-order valence-corrected chi connectivity index (χ4v) is 3.84. The molecule has 0 saturated heterocycles. The van der Waals surface area contributed by atoms with Gasteiger partial charge in [0.15, 0.2) is 5.69 Å². The Hall–Kier alpha value is -3.61. The van der Waals surface area contributed by atoms with E-state index in [0.717, 1.165) is 5.56 Å². The summed E-state index contributed by atoms with van der Waals surface area (Å²) in [5.74, 6) is -0.729. The second-order valence-electron chi connectivity index (χ2n) is 7.85. The van der Waals surface area contributed by atoms with Crippen LogP contribution < -0.4 is 5.32 Å². The first-order chi connectivity index (χ1) is 16.4. The SMILES string of the molecule is [C-]#[N+]c1ccc(Cc2ncc3c(n2)CN(C(=O)N[C@H](CO)c2ccc(Cl)c(F)c2)CC3)c(F)c1. The van der Waals surface area contributed by atoms with Crippen molar-refractivity contribution in [3.8, 4) is 0 Å². The van der Waals surface area contributed by atoms with Gasteiger partial charge in [-0.2, -0.15) is 0 Å². The maximum absolute atomic E-state index is 14.3. The van der Waals surface area contributed by atoms with E-state index in [2.05, 4.69) is 20.1 Å². The number of urea groups is 1. The number of carbonyl (C=O) groups excluding carboxylic acids is 1. The van der Waals surface area contributed by atoms with Crippen LogP contribution in [0.3, 0.4) is 0 Å². The van der Waals surface area contributed by atoms with Gasteiger partial charge in [-0.1, -0.05) is 29.8 Å². The second-order valence-corrected chi connectivity index (χ2v) is 8.26. The summed E-state index contributed by atoms with van der Waals surface area (Å²) in [5, 5.41) is 12.4. The molecule has 2 N–H and O–H groups in total. The highest BCUT2D eigenvalue weighted by molar-refractivity contribution is 6.30. The molecule has 2 aromatic carbocycles. The summed E-state index contributed by atoms with van der Waals surface area (Å²) in [7, 11) is 0. The molecule has 1 aliphatic heterocycles. The maximum atomic E-state index is 14.3. The van der Waals surface area contributed by atoms with E-state index in [9.17, 15) is 18.7 Å². The minimum Gasteiger partial charge on any atom is -0.394 e. The van der Waals surface area contributed by atoms with E-state index >= 15 is 0 Å². The number of hydrogen-bond acceptors (Lipinski definition) is 4. The lowest BCUT2D eigenvalue weighted by Gasteiger charge is -2.30. The summed E-state index contributed by atoms with van der Waals surface area (Å²) in [6.45, 7) is 7.19. The highest BCUT2D eigenvalue weighted by Gasteiger charge is 2.25. The molecule has 2 amide bonds. The van der Waals surface area contributed by atoms with Crippen molar-refractivity contribution >= 4 is 23.3 Å².